The van der Waals surface area contributed by atoms with E-state index in [9.17, 15) is 0 Å². The molecule has 0 N–H and O–H groups in total. The van der Waals surface area contributed by atoms with Crippen LogP contribution in [0.25, 0.3) is 0 Å². The number of unbranched alkanes of at least 4 members (excludes halogenated alkanes) is 15. The molecule has 1 rings (SSSR count). The summed E-state index contributed by atoms with van der Waals surface area (Å²) in [6, 6.07) is 0. The Labute approximate surface area is 171 Å². The van der Waals surface area contributed by atoms with Gasteiger partial charge in [-0.1, -0.05) is 103 Å². The third-order valence-electron chi connectivity index (χ3n) is 5.66. The molecule has 0 bridgehead atoms. The lowest BCUT2D eigenvalue weighted by Crippen LogP contribution is -2.27. The molecule has 1 heterocycles. The summed E-state index contributed by atoms with van der Waals surface area (Å²) in [6.45, 7) is 7.87. The van der Waals surface area contributed by atoms with Crippen molar-refractivity contribution in [2.75, 3.05) is 19.6 Å². The fourth-order valence-electron chi connectivity index (χ4n) is 3.94. The van der Waals surface area contributed by atoms with Crippen LogP contribution in [0.15, 0.2) is 4.99 Å². The zero-order chi connectivity index (χ0) is 18.0. The van der Waals surface area contributed by atoms with Crippen molar-refractivity contribution in [3.63, 3.8) is 0 Å². The Kier molecular flexibility index (Phi) is 19.3. The van der Waals surface area contributed by atoms with E-state index < -0.39 is 0 Å². The van der Waals surface area contributed by atoms with Gasteiger partial charge in [0.2, 0.25) is 0 Å². The van der Waals surface area contributed by atoms with E-state index >= 15 is 0 Å². The molecule has 3 heteroatoms. The summed E-state index contributed by atoms with van der Waals surface area (Å²) >= 11 is 0. The Hall–Kier alpha value is -0.240. The molecule has 26 heavy (non-hydrogen) atoms. The van der Waals surface area contributed by atoms with Gasteiger partial charge in [-0.15, -0.1) is 12.4 Å². The maximum Gasteiger partial charge on any atom is 0.0990 e. The molecule has 2 nitrogen and oxygen atoms in total. The minimum absolute atomic E-state index is 0. The Bertz CT molecular complexity index is 317. The molecule has 0 unspecified atom stereocenters. The average molecular weight is 387 g/mol. The number of hydrogen-bond donors (Lipinski definition) is 0. The van der Waals surface area contributed by atoms with Gasteiger partial charge in [0.05, 0.1) is 12.4 Å². The predicted octanol–water partition coefficient (Wildman–Crippen LogP) is 7.79. The lowest BCUT2D eigenvalue weighted by Gasteiger charge is -2.17. The highest BCUT2D eigenvalue weighted by molar-refractivity contribution is 5.85. The fraction of sp³-hybridized carbons (Fsp3) is 0.957. The lowest BCUT2D eigenvalue weighted by atomic mass is 10.0. The second-order valence-corrected chi connectivity index (χ2v) is 7.93. The molecule has 1 aliphatic heterocycles. The van der Waals surface area contributed by atoms with Crippen molar-refractivity contribution in [3.05, 3.63) is 0 Å². The standard InChI is InChI=1S/C23H46N2.ClH/c1-3-5-6-7-8-9-10-11-12-13-14-15-16-17-18-19-20-23-24-21-22-25(23)4-2;/h3-22H2,1-2H3;1H. The molecule has 0 radical (unpaired) electrons. The Morgan fingerprint density at radius 1 is 0.654 bits per heavy atom. The van der Waals surface area contributed by atoms with Gasteiger partial charge in [0.15, 0.2) is 0 Å². The van der Waals surface area contributed by atoms with E-state index in [1.165, 1.54) is 115 Å². The van der Waals surface area contributed by atoms with Crippen LogP contribution < -0.4 is 0 Å². The minimum Gasteiger partial charge on any atom is -0.359 e. The third-order valence-corrected chi connectivity index (χ3v) is 5.66. The SMILES string of the molecule is CCCCCCCCCCCCCCCCCCC1=NCCN1CC.Cl. The fourth-order valence-corrected chi connectivity index (χ4v) is 3.94. The molecule has 0 saturated heterocycles. The van der Waals surface area contributed by atoms with Crippen molar-refractivity contribution in [1.29, 1.82) is 0 Å². The minimum atomic E-state index is 0. The Balaban J connectivity index is 0.00000625. The highest BCUT2D eigenvalue weighted by Gasteiger charge is 2.13. The van der Waals surface area contributed by atoms with Crippen LogP contribution in [0.4, 0.5) is 0 Å². The molecule has 0 aliphatic carbocycles. The molecule has 0 spiro atoms. The summed E-state index contributed by atoms with van der Waals surface area (Å²) in [5, 5.41) is 0. The first kappa shape index (κ1) is 25.8. The topological polar surface area (TPSA) is 15.6 Å². The average Bonchev–Trinajstić information content (AvgIpc) is 3.09. The van der Waals surface area contributed by atoms with E-state index in [0.717, 1.165) is 19.6 Å². The molecule has 0 fully saturated rings. The quantitative estimate of drug-likeness (QED) is 0.219. The number of rotatable bonds is 18. The van der Waals surface area contributed by atoms with E-state index in [4.69, 9.17) is 0 Å². The zero-order valence-corrected chi connectivity index (χ0v) is 18.8. The van der Waals surface area contributed by atoms with Crippen molar-refractivity contribution >= 4 is 18.2 Å². The van der Waals surface area contributed by atoms with Crippen molar-refractivity contribution in [2.45, 2.75) is 123 Å². The van der Waals surface area contributed by atoms with Crippen LogP contribution in [0, 0.1) is 0 Å². The van der Waals surface area contributed by atoms with Crippen LogP contribution in [0.5, 0.6) is 0 Å². The van der Waals surface area contributed by atoms with Crippen molar-refractivity contribution in [3.8, 4) is 0 Å². The van der Waals surface area contributed by atoms with Gasteiger partial charge in [-0.2, -0.15) is 0 Å². The second kappa shape index (κ2) is 19.5. The van der Waals surface area contributed by atoms with Gasteiger partial charge in [-0.25, -0.2) is 0 Å². The van der Waals surface area contributed by atoms with Gasteiger partial charge in [0.25, 0.3) is 0 Å². The van der Waals surface area contributed by atoms with Gasteiger partial charge < -0.3 is 4.90 Å². The van der Waals surface area contributed by atoms with Crippen LogP contribution >= 0.6 is 12.4 Å². The predicted molar refractivity (Wildman–Crippen MR) is 121 cm³/mol. The highest BCUT2D eigenvalue weighted by Crippen LogP contribution is 2.15. The van der Waals surface area contributed by atoms with E-state index in [0.29, 0.717) is 0 Å². The number of halogens is 1. The number of amidine groups is 1. The molecule has 0 aromatic carbocycles. The van der Waals surface area contributed by atoms with Gasteiger partial charge in [0, 0.05) is 19.5 Å². The van der Waals surface area contributed by atoms with Crippen LogP contribution in [0.1, 0.15) is 123 Å². The maximum absolute atomic E-state index is 4.64. The maximum atomic E-state index is 4.64. The first-order valence-corrected chi connectivity index (χ1v) is 11.7. The Morgan fingerprint density at radius 2 is 1.08 bits per heavy atom. The first-order chi connectivity index (χ1) is 12.4. The summed E-state index contributed by atoms with van der Waals surface area (Å²) < 4.78 is 0. The molecule has 0 aromatic rings. The number of hydrogen-bond acceptors (Lipinski definition) is 2. The van der Waals surface area contributed by atoms with E-state index in [1.807, 2.05) is 0 Å². The monoisotopic (exact) mass is 386 g/mol. The van der Waals surface area contributed by atoms with Crippen molar-refractivity contribution in [2.24, 2.45) is 4.99 Å². The van der Waals surface area contributed by atoms with Crippen LogP contribution in [0.2, 0.25) is 0 Å². The second-order valence-electron chi connectivity index (χ2n) is 7.93. The molecule has 0 saturated carbocycles. The van der Waals surface area contributed by atoms with Crippen LogP contribution in [-0.2, 0) is 0 Å². The summed E-state index contributed by atoms with van der Waals surface area (Å²) in [7, 11) is 0. The largest absolute Gasteiger partial charge is 0.359 e. The van der Waals surface area contributed by atoms with E-state index in [1.54, 1.807) is 0 Å². The van der Waals surface area contributed by atoms with E-state index in [2.05, 4.69) is 23.7 Å². The summed E-state index contributed by atoms with van der Waals surface area (Å²) in [5.41, 5.74) is 0. The van der Waals surface area contributed by atoms with Gasteiger partial charge in [0.1, 0.15) is 0 Å². The molecule has 156 valence electrons. The summed E-state index contributed by atoms with van der Waals surface area (Å²) in [4.78, 5) is 7.09. The zero-order valence-electron chi connectivity index (χ0n) is 17.9. The van der Waals surface area contributed by atoms with Gasteiger partial charge in [-0.05, 0) is 13.3 Å². The van der Waals surface area contributed by atoms with E-state index in [-0.39, 0.29) is 12.4 Å². The Morgan fingerprint density at radius 3 is 1.50 bits per heavy atom. The number of aliphatic imine (C=N–C) groups is 1. The molecule has 0 aromatic heterocycles. The molecule has 0 atom stereocenters. The molecule has 0 amide bonds. The van der Waals surface area contributed by atoms with Crippen molar-refractivity contribution in [1.82, 2.24) is 4.90 Å². The highest BCUT2D eigenvalue weighted by atomic mass is 35.5. The number of nitrogens with zero attached hydrogens (tertiary/aromatic N) is 2. The molecular weight excluding hydrogens is 340 g/mol. The molecular formula is C23H47ClN2. The summed E-state index contributed by atoms with van der Waals surface area (Å²) in [5.74, 6) is 1.38. The smallest absolute Gasteiger partial charge is 0.0990 e. The van der Waals surface area contributed by atoms with Crippen molar-refractivity contribution < 1.29 is 0 Å². The van der Waals surface area contributed by atoms with Gasteiger partial charge >= 0.3 is 0 Å². The van der Waals surface area contributed by atoms with Crippen LogP contribution in [0.3, 0.4) is 0 Å². The molecule has 1 aliphatic rings. The third kappa shape index (κ3) is 13.9. The number of likely N-dealkylation sites (N-methyl/N-ethyl adjacent to an activating group) is 1. The summed E-state index contributed by atoms with van der Waals surface area (Å²) in [6.07, 6.45) is 24.3. The van der Waals surface area contributed by atoms with Gasteiger partial charge in [-0.3, -0.25) is 4.99 Å². The normalized spacial score (nSPS) is 13.8. The van der Waals surface area contributed by atoms with Crippen LogP contribution in [-0.4, -0.2) is 30.4 Å². The lowest BCUT2D eigenvalue weighted by molar-refractivity contribution is 0.469. The first-order valence-electron chi connectivity index (χ1n) is 11.7.